The van der Waals surface area contributed by atoms with Crippen LogP contribution in [0.2, 0.25) is 0 Å². The van der Waals surface area contributed by atoms with Crippen LogP contribution in [0, 0.1) is 3.57 Å². The molecule has 178 valence electrons. The smallest absolute Gasteiger partial charge is 0.328 e. The van der Waals surface area contributed by atoms with E-state index in [2.05, 4.69) is 37.9 Å². The van der Waals surface area contributed by atoms with Crippen molar-refractivity contribution in [2.75, 3.05) is 13.7 Å². The highest BCUT2D eigenvalue weighted by Gasteiger charge is 2.21. The number of benzene rings is 2. The number of carbonyl (C=O) groups is 2. The second kappa shape index (κ2) is 11.7. The molecule has 8 nitrogen and oxygen atoms in total. The Morgan fingerprint density at radius 3 is 2.42 bits per heavy atom. The van der Waals surface area contributed by atoms with Crippen LogP contribution in [0.15, 0.2) is 47.4 Å². The quantitative estimate of drug-likeness (QED) is 0.410. The zero-order valence-corrected chi connectivity index (χ0v) is 21.4. The third-order valence-electron chi connectivity index (χ3n) is 5.51. The maximum absolute atomic E-state index is 12.5. The zero-order chi connectivity index (χ0) is 23.8. The van der Waals surface area contributed by atoms with Gasteiger partial charge >= 0.3 is 6.03 Å². The van der Waals surface area contributed by atoms with Gasteiger partial charge in [-0.2, -0.15) is 0 Å². The van der Waals surface area contributed by atoms with Crippen LogP contribution in [0.25, 0.3) is 0 Å². The van der Waals surface area contributed by atoms with Crippen molar-refractivity contribution in [1.29, 1.82) is 0 Å². The first-order chi connectivity index (χ1) is 15.8. The van der Waals surface area contributed by atoms with Crippen molar-refractivity contribution in [1.82, 2.24) is 15.4 Å². The van der Waals surface area contributed by atoms with E-state index in [0.29, 0.717) is 24.3 Å². The molecular formula is C23H28IN3O5S. The van der Waals surface area contributed by atoms with Crippen molar-refractivity contribution in [2.45, 2.75) is 49.5 Å². The number of urea groups is 1. The number of halogens is 1. The van der Waals surface area contributed by atoms with Crippen LogP contribution in [-0.4, -0.2) is 40.1 Å². The molecular weight excluding hydrogens is 557 g/mol. The maximum atomic E-state index is 12.5. The number of nitrogens with one attached hydrogen (secondary N) is 3. The highest BCUT2D eigenvalue weighted by molar-refractivity contribution is 14.1. The summed E-state index contributed by atoms with van der Waals surface area (Å²) in [4.78, 5) is 24.6. The van der Waals surface area contributed by atoms with E-state index in [9.17, 15) is 18.0 Å². The molecule has 3 amide bonds. The van der Waals surface area contributed by atoms with Crippen molar-refractivity contribution in [3.8, 4) is 5.75 Å². The first-order valence-corrected chi connectivity index (χ1v) is 13.4. The number of sulfonamides is 1. The molecule has 0 unspecified atom stereocenters. The van der Waals surface area contributed by atoms with Crippen molar-refractivity contribution in [2.24, 2.45) is 0 Å². The molecule has 0 heterocycles. The lowest BCUT2D eigenvalue weighted by molar-refractivity contribution is 0.0951. The number of rotatable bonds is 8. The molecule has 0 aromatic heterocycles. The second-order valence-corrected chi connectivity index (χ2v) is 10.8. The molecule has 0 spiro atoms. The van der Waals surface area contributed by atoms with Gasteiger partial charge in [0.25, 0.3) is 15.9 Å². The highest BCUT2D eigenvalue weighted by atomic mass is 127. The van der Waals surface area contributed by atoms with Crippen LogP contribution >= 0.6 is 22.6 Å². The standard InChI is InChI=1S/C23H28IN3O5S/c1-32-21-12-9-17(24)15-20(21)22(28)25-14-13-16-7-10-19(11-8-16)33(30,31)27-23(29)26-18-5-3-2-4-6-18/h7-12,15,18H,2-6,13-14H2,1H3,(H,25,28)(H2,26,27,29). The Labute approximate surface area is 208 Å². The van der Waals surface area contributed by atoms with Crippen molar-refractivity contribution in [3.05, 3.63) is 57.2 Å². The van der Waals surface area contributed by atoms with Crippen LogP contribution in [0.3, 0.4) is 0 Å². The Morgan fingerprint density at radius 2 is 1.76 bits per heavy atom. The molecule has 0 radical (unpaired) electrons. The molecule has 1 aliphatic rings. The van der Waals surface area contributed by atoms with Gasteiger partial charge in [0.1, 0.15) is 5.75 Å². The number of ether oxygens (including phenoxy) is 1. The summed E-state index contributed by atoms with van der Waals surface area (Å²) in [5.41, 5.74) is 1.32. The van der Waals surface area contributed by atoms with Gasteiger partial charge in [0.05, 0.1) is 17.6 Å². The molecule has 0 aliphatic heterocycles. The van der Waals surface area contributed by atoms with Gasteiger partial charge in [0.2, 0.25) is 0 Å². The second-order valence-electron chi connectivity index (χ2n) is 7.91. The van der Waals surface area contributed by atoms with Crippen LogP contribution < -0.4 is 20.1 Å². The minimum absolute atomic E-state index is 0.0117. The fraction of sp³-hybridized carbons (Fsp3) is 0.391. The van der Waals surface area contributed by atoms with Crippen LogP contribution in [0.4, 0.5) is 4.79 Å². The zero-order valence-electron chi connectivity index (χ0n) is 18.4. The summed E-state index contributed by atoms with van der Waals surface area (Å²) in [6.07, 6.45) is 5.49. The SMILES string of the molecule is COc1ccc(I)cc1C(=O)NCCc1ccc(S(=O)(=O)NC(=O)NC2CCCCC2)cc1. The lowest BCUT2D eigenvalue weighted by Gasteiger charge is -2.22. The normalized spacial score (nSPS) is 14.4. The number of hydrogen-bond donors (Lipinski definition) is 3. The average molecular weight is 585 g/mol. The van der Waals surface area contributed by atoms with Gasteiger partial charge in [-0.05, 0) is 77.7 Å². The van der Waals surface area contributed by atoms with Gasteiger partial charge in [-0.25, -0.2) is 17.9 Å². The predicted molar refractivity (Wildman–Crippen MR) is 134 cm³/mol. The Kier molecular flexibility index (Phi) is 8.95. The summed E-state index contributed by atoms with van der Waals surface area (Å²) >= 11 is 2.13. The van der Waals surface area contributed by atoms with E-state index >= 15 is 0 Å². The topological polar surface area (TPSA) is 114 Å². The van der Waals surface area contributed by atoms with Gasteiger partial charge in [0, 0.05) is 16.2 Å². The molecule has 3 rings (SSSR count). The number of methoxy groups -OCH3 is 1. The van der Waals surface area contributed by atoms with Gasteiger partial charge in [-0.1, -0.05) is 31.4 Å². The summed E-state index contributed by atoms with van der Waals surface area (Å²) in [6.45, 7) is 0.377. The Balaban J connectivity index is 1.51. The molecule has 1 saturated carbocycles. The van der Waals surface area contributed by atoms with Crippen molar-refractivity contribution < 1.29 is 22.7 Å². The third kappa shape index (κ3) is 7.32. The summed E-state index contributed by atoms with van der Waals surface area (Å²) in [5, 5.41) is 5.59. The Morgan fingerprint density at radius 1 is 1.06 bits per heavy atom. The summed E-state index contributed by atoms with van der Waals surface area (Å²) in [7, 11) is -2.44. The van der Waals surface area contributed by atoms with E-state index in [1.807, 2.05) is 6.07 Å². The highest BCUT2D eigenvalue weighted by Crippen LogP contribution is 2.21. The predicted octanol–water partition coefficient (Wildman–Crippen LogP) is 3.59. The number of hydrogen-bond acceptors (Lipinski definition) is 5. The van der Waals surface area contributed by atoms with Crippen molar-refractivity contribution >= 4 is 44.6 Å². The Bertz CT molecular complexity index is 1080. The van der Waals surface area contributed by atoms with Crippen LogP contribution in [0.1, 0.15) is 48.0 Å². The minimum Gasteiger partial charge on any atom is -0.496 e. The van der Waals surface area contributed by atoms with Crippen molar-refractivity contribution in [3.63, 3.8) is 0 Å². The van der Waals surface area contributed by atoms with E-state index in [-0.39, 0.29) is 16.8 Å². The fourth-order valence-electron chi connectivity index (χ4n) is 3.75. The van der Waals surface area contributed by atoms with E-state index in [1.54, 1.807) is 24.3 Å². The molecule has 0 atom stereocenters. The van der Waals surface area contributed by atoms with Gasteiger partial charge in [-0.15, -0.1) is 0 Å². The van der Waals surface area contributed by atoms with Gasteiger partial charge < -0.3 is 15.4 Å². The molecule has 10 heteroatoms. The largest absolute Gasteiger partial charge is 0.496 e. The minimum atomic E-state index is -3.96. The molecule has 0 saturated heterocycles. The van der Waals surface area contributed by atoms with Gasteiger partial charge in [0.15, 0.2) is 0 Å². The van der Waals surface area contributed by atoms with E-state index in [1.165, 1.54) is 19.2 Å². The van der Waals surface area contributed by atoms with Gasteiger partial charge in [-0.3, -0.25) is 4.79 Å². The van der Waals surface area contributed by atoms with E-state index in [0.717, 1.165) is 41.2 Å². The summed E-state index contributed by atoms with van der Waals surface area (Å²) in [5.74, 6) is 0.264. The summed E-state index contributed by atoms with van der Waals surface area (Å²) < 4.78 is 33.3. The number of carbonyl (C=O) groups excluding carboxylic acids is 2. The molecule has 1 fully saturated rings. The Hall–Kier alpha value is -2.34. The lowest BCUT2D eigenvalue weighted by Crippen LogP contribution is -2.45. The summed E-state index contributed by atoms with van der Waals surface area (Å²) in [6, 6.07) is 10.9. The fourth-order valence-corrected chi connectivity index (χ4v) is 5.16. The first kappa shape index (κ1) is 25.3. The molecule has 1 aliphatic carbocycles. The average Bonchev–Trinajstić information content (AvgIpc) is 2.79. The monoisotopic (exact) mass is 585 g/mol. The first-order valence-electron chi connectivity index (χ1n) is 10.8. The lowest BCUT2D eigenvalue weighted by atomic mass is 9.96. The van der Waals surface area contributed by atoms with E-state index in [4.69, 9.17) is 4.74 Å². The number of amides is 3. The molecule has 33 heavy (non-hydrogen) atoms. The maximum Gasteiger partial charge on any atom is 0.328 e. The third-order valence-corrected chi connectivity index (χ3v) is 7.52. The van der Waals surface area contributed by atoms with Crippen LogP contribution in [0.5, 0.6) is 5.75 Å². The molecule has 2 aromatic carbocycles. The molecule has 3 N–H and O–H groups in total. The van der Waals surface area contributed by atoms with E-state index < -0.39 is 16.1 Å². The molecule has 0 bridgehead atoms. The van der Waals surface area contributed by atoms with Crippen LogP contribution in [-0.2, 0) is 16.4 Å². The molecule has 2 aromatic rings.